The second-order valence-corrected chi connectivity index (χ2v) is 10.6. The molecule has 0 aliphatic heterocycles. The van der Waals surface area contributed by atoms with Gasteiger partial charge in [-0.25, -0.2) is 9.97 Å². The molecule has 1 amide bonds. The predicted octanol–water partition coefficient (Wildman–Crippen LogP) is 8.21. The first-order valence-corrected chi connectivity index (χ1v) is 13.4. The van der Waals surface area contributed by atoms with Crippen molar-refractivity contribution < 1.29 is 22.4 Å². The Morgan fingerprint density at radius 2 is 1.49 bits per heavy atom. The summed E-state index contributed by atoms with van der Waals surface area (Å²) in [4.78, 5) is 21.9. The second kappa shape index (κ2) is 10.6. The number of fused-ring (bicyclic) bond motifs is 3. The van der Waals surface area contributed by atoms with Crippen LogP contribution in [0.2, 0.25) is 0 Å². The van der Waals surface area contributed by atoms with Crippen LogP contribution in [0, 0.1) is 0 Å². The highest BCUT2D eigenvalue weighted by atomic mass is 19.4. The van der Waals surface area contributed by atoms with Crippen LogP contribution < -0.4 is 16.0 Å². The van der Waals surface area contributed by atoms with E-state index < -0.39 is 17.6 Å². The van der Waals surface area contributed by atoms with Crippen molar-refractivity contribution in [1.82, 2.24) is 9.97 Å². The number of amides is 1. The maximum Gasteiger partial charge on any atom is 0.472 e. The Bertz CT molecular complexity index is 1940. The first kappa shape index (κ1) is 27.9. The number of alkyl halides is 3. The number of carbonyl (C=O) groups excluding carboxylic acids is 1. The largest absolute Gasteiger partial charge is 0.472 e. The van der Waals surface area contributed by atoms with Crippen molar-refractivity contribution in [2.24, 2.45) is 5.73 Å². The Morgan fingerprint density at radius 1 is 0.837 bits per heavy atom. The summed E-state index contributed by atoms with van der Waals surface area (Å²) in [7, 11) is 0. The third-order valence-electron chi connectivity index (χ3n) is 7.06. The monoisotopic (exact) mass is 581 g/mol. The lowest BCUT2D eigenvalue weighted by molar-refractivity contribution is -0.169. The van der Waals surface area contributed by atoms with E-state index in [2.05, 4.69) is 15.3 Å². The predicted molar refractivity (Wildman–Crippen MR) is 161 cm³/mol. The summed E-state index contributed by atoms with van der Waals surface area (Å²) in [6, 6.07) is 27.5. The van der Waals surface area contributed by atoms with Crippen LogP contribution in [-0.4, -0.2) is 22.1 Å². The van der Waals surface area contributed by atoms with Gasteiger partial charge in [0.1, 0.15) is 23.3 Å². The number of para-hydroxylation sites is 2. The second-order valence-electron chi connectivity index (χ2n) is 10.6. The lowest BCUT2D eigenvalue weighted by Gasteiger charge is -2.26. The minimum atomic E-state index is -5.08. The molecule has 10 heteroatoms. The Morgan fingerprint density at radius 3 is 2.16 bits per heavy atom. The number of nitrogens with zero attached hydrogens (tertiary/aromatic N) is 3. The van der Waals surface area contributed by atoms with Gasteiger partial charge >= 0.3 is 12.1 Å². The van der Waals surface area contributed by atoms with Crippen molar-refractivity contribution in [2.45, 2.75) is 25.6 Å². The topological polar surface area (TPSA) is 97.3 Å². The van der Waals surface area contributed by atoms with Crippen LogP contribution in [0.3, 0.4) is 0 Å². The zero-order chi connectivity index (χ0) is 30.4. The molecule has 6 aromatic rings. The van der Waals surface area contributed by atoms with Gasteiger partial charge in [-0.1, -0.05) is 42.5 Å². The first-order chi connectivity index (χ1) is 20.5. The number of hydrogen-bond acceptors (Lipinski definition) is 6. The minimum absolute atomic E-state index is 0.0487. The van der Waals surface area contributed by atoms with Crippen LogP contribution >= 0.6 is 0 Å². The highest BCUT2D eigenvalue weighted by Gasteiger charge is 2.43. The number of hydrogen-bond donors (Lipinski definition) is 2. The first-order valence-electron chi connectivity index (χ1n) is 13.4. The lowest BCUT2D eigenvalue weighted by atomic mass is 9.95. The van der Waals surface area contributed by atoms with Crippen molar-refractivity contribution in [2.75, 3.05) is 10.2 Å². The van der Waals surface area contributed by atoms with Crippen LogP contribution in [-0.2, 0) is 10.3 Å². The van der Waals surface area contributed by atoms with E-state index in [0.29, 0.717) is 27.7 Å². The summed E-state index contributed by atoms with van der Waals surface area (Å²) >= 11 is 0. The van der Waals surface area contributed by atoms with E-state index in [0.717, 1.165) is 27.5 Å². The van der Waals surface area contributed by atoms with Gasteiger partial charge in [-0.3, -0.25) is 9.69 Å². The van der Waals surface area contributed by atoms with E-state index in [1.807, 2.05) is 42.5 Å². The SMILES string of the molecule is CC(C)(N)c1ccc(N(C(=O)C(F)(F)F)c2ccc(Nc3cc(-c4cccc5c4oc4ccccc45)ncn3)cc2)cc1. The quantitative estimate of drug-likeness (QED) is 0.206. The van der Waals surface area contributed by atoms with E-state index >= 15 is 0 Å². The third kappa shape index (κ3) is 5.52. The highest BCUT2D eigenvalue weighted by Crippen LogP contribution is 2.36. The van der Waals surface area contributed by atoms with Gasteiger partial charge in [-0.2, -0.15) is 13.2 Å². The Hall–Kier alpha value is -5.22. The smallest absolute Gasteiger partial charge is 0.455 e. The van der Waals surface area contributed by atoms with Gasteiger partial charge in [0.05, 0.1) is 5.69 Å². The normalized spacial score (nSPS) is 12.0. The van der Waals surface area contributed by atoms with Crippen LogP contribution in [0.5, 0.6) is 0 Å². The van der Waals surface area contributed by atoms with Crippen LogP contribution in [0.15, 0.2) is 108 Å². The zero-order valence-corrected chi connectivity index (χ0v) is 23.2. The number of furan rings is 1. The molecule has 7 nitrogen and oxygen atoms in total. The molecule has 0 saturated carbocycles. The summed E-state index contributed by atoms with van der Waals surface area (Å²) in [5, 5.41) is 5.13. The van der Waals surface area contributed by atoms with Gasteiger partial charge in [0.15, 0.2) is 0 Å². The van der Waals surface area contributed by atoms with Gasteiger partial charge < -0.3 is 15.5 Å². The van der Waals surface area contributed by atoms with E-state index in [9.17, 15) is 18.0 Å². The van der Waals surface area contributed by atoms with Crippen molar-refractivity contribution >= 4 is 50.7 Å². The molecular formula is C33H26F3N5O2. The molecule has 6 rings (SSSR count). The number of carbonyl (C=O) groups is 1. The number of halogens is 3. The fourth-order valence-corrected chi connectivity index (χ4v) is 4.91. The fourth-order valence-electron chi connectivity index (χ4n) is 4.91. The van der Waals surface area contributed by atoms with Crippen molar-refractivity contribution in [3.63, 3.8) is 0 Å². The highest BCUT2D eigenvalue weighted by molar-refractivity contribution is 6.09. The van der Waals surface area contributed by atoms with Gasteiger partial charge in [-0.15, -0.1) is 0 Å². The molecule has 0 atom stereocenters. The number of benzene rings is 4. The molecule has 0 unspecified atom stereocenters. The van der Waals surface area contributed by atoms with Crippen molar-refractivity contribution in [1.29, 1.82) is 0 Å². The van der Waals surface area contributed by atoms with E-state index in [1.54, 1.807) is 44.2 Å². The van der Waals surface area contributed by atoms with Gasteiger partial charge in [0.2, 0.25) is 0 Å². The molecule has 216 valence electrons. The van der Waals surface area contributed by atoms with Gasteiger partial charge in [0.25, 0.3) is 0 Å². The summed E-state index contributed by atoms with van der Waals surface area (Å²) in [5.74, 6) is -1.54. The van der Waals surface area contributed by atoms with Crippen LogP contribution in [0.4, 0.5) is 36.1 Å². The Balaban J connectivity index is 1.29. The van der Waals surface area contributed by atoms with Gasteiger partial charge in [0, 0.05) is 45.0 Å². The standard InChI is InChI=1S/C33H26F3N5O2/c1-32(2,37)20-10-14-22(15-11-20)41(31(42)33(34,35)36)23-16-12-21(13-17-23)40-29-18-27(38-19-39-29)26-8-5-7-25-24-6-3-4-9-28(24)43-30(25)26/h3-19H,37H2,1-2H3,(H,38,39,40). The summed E-state index contributed by atoms with van der Waals surface area (Å²) in [5.41, 5.74) is 9.70. The zero-order valence-electron chi connectivity index (χ0n) is 23.2. The summed E-state index contributed by atoms with van der Waals surface area (Å²) in [6.45, 7) is 3.57. The Kier molecular flexibility index (Phi) is 6.86. The molecule has 4 aromatic carbocycles. The van der Waals surface area contributed by atoms with Crippen LogP contribution in [0.25, 0.3) is 33.2 Å². The average molecular weight is 582 g/mol. The molecule has 0 aliphatic rings. The number of nitrogens with two attached hydrogens (primary N) is 1. The molecule has 0 aliphatic carbocycles. The molecule has 0 spiro atoms. The maximum absolute atomic E-state index is 13.6. The Labute approximate surface area is 244 Å². The minimum Gasteiger partial charge on any atom is -0.455 e. The molecule has 43 heavy (non-hydrogen) atoms. The molecule has 3 N–H and O–H groups in total. The number of rotatable bonds is 6. The average Bonchev–Trinajstić information content (AvgIpc) is 3.37. The van der Waals surface area contributed by atoms with E-state index in [1.165, 1.54) is 30.6 Å². The van der Waals surface area contributed by atoms with Gasteiger partial charge in [-0.05, 0) is 67.9 Å². The van der Waals surface area contributed by atoms with Crippen LogP contribution in [0.1, 0.15) is 19.4 Å². The molecule has 0 bridgehead atoms. The molecule has 0 saturated heterocycles. The molecule has 2 heterocycles. The third-order valence-corrected chi connectivity index (χ3v) is 7.06. The number of aromatic nitrogens is 2. The van der Waals surface area contributed by atoms with E-state index in [4.69, 9.17) is 10.2 Å². The maximum atomic E-state index is 13.6. The molecule has 0 radical (unpaired) electrons. The van der Waals surface area contributed by atoms with E-state index in [-0.39, 0.29) is 11.4 Å². The summed E-state index contributed by atoms with van der Waals surface area (Å²) in [6.07, 6.45) is -3.66. The summed E-state index contributed by atoms with van der Waals surface area (Å²) < 4.78 is 46.9. The lowest BCUT2D eigenvalue weighted by Crippen LogP contribution is -2.38. The fraction of sp³-hybridized carbons (Fsp3) is 0.121. The number of nitrogens with one attached hydrogen (secondary N) is 1. The molecule has 2 aromatic heterocycles. The van der Waals surface area contributed by atoms with Crippen molar-refractivity contribution in [3.8, 4) is 11.3 Å². The van der Waals surface area contributed by atoms with Crippen molar-refractivity contribution in [3.05, 3.63) is 109 Å². The molecule has 0 fully saturated rings. The molecular weight excluding hydrogens is 555 g/mol. The number of anilines is 4.